The average Bonchev–Trinajstić information content (AvgIpc) is 3.38. The molecule has 4 aromatic rings. The molecule has 0 aliphatic rings. The number of aliphatic hydroxyl groups excluding tert-OH is 1. The summed E-state index contributed by atoms with van der Waals surface area (Å²) in [6.45, 7) is 0.166. The van der Waals surface area contributed by atoms with Crippen LogP contribution in [0.2, 0.25) is 0 Å². The van der Waals surface area contributed by atoms with E-state index in [4.69, 9.17) is 5.11 Å². The molecule has 0 radical (unpaired) electrons. The van der Waals surface area contributed by atoms with Crippen molar-refractivity contribution >= 4 is 22.9 Å². The number of hydrogen-bond donors (Lipinski definition) is 4. The lowest BCUT2D eigenvalue weighted by Gasteiger charge is -1.98. The van der Waals surface area contributed by atoms with Crippen molar-refractivity contribution in [1.29, 1.82) is 0 Å². The minimum atomic E-state index is -0.187. The normalized spacial score (nSPS) is 11.1. The van der Waals surface area contributed by atoms with Gasteiger partial charge in [0.2, 0.25) is 0 Å². The van der Waals surface area contributed by atoms with Crippen molar-refractivity contribution in [2.45, 2.75) is 0 Å². The Labute approximate surface area is 146 Å². The highest BCUT2D eigenvalue weighted by atomic mass is 32.1. The number of rotatable bonds is 5. The van der Waals surface area contributed by atoms with Crippen LogP contribution in [0.15, 0.2) is 42.4 Å². The van der Waals surface area contributed by atoms with E-state index in [2.05, 4.69) is 25.6 Å². The molecule has 4 aromatic heterocycles. The number of aliphatic hydroxyl groups is 1. The van der Waals surface area contributed by atoms with Gasteiger partial charge in [0.25, 0.3) is 5.91 Å². The first-order valence-corrected chi connectivity index (χ1v) is 8.50. The first-order valence-electron chi connectivity index (χ1n) is 7.62. The van der Waals surface area contributed by atoms with Gasteiger partial charge in [-0.05, 0) is 16.4 Å². The number of aromatic nitrogens is 5. The molecule has 9 heteroatoms. The third kappa shape index (κ3) is 2.90. The lowest BCUT2D eigenvalue weighted by atomic mass is 10.1. The number of amides is 1. The zero-order valence-corrected chi connectivity index (χ0v) is 13.9. The van der Waals surface area contributed by atoms with Gasteiger partial charge in [-0.2, -0.15) is 5.10 Å². The van der Waals surface area contributed by atoms with E-state index in [0.29, 0.717) is 4.88 Å². The average molecular weight is 355 g/mol. The summed E-state index contributed by atoms with van der Waals surface area (Å²) in [4.78, 5) is 17.1. The summed E-state index contributed by atoms with van der Waals surface area (Å²) in [6.07, 6.45) is 9.14. The summed E-state index contributed by atoms with van der Waals surface area (Å²) < 4.78 is 1.83. The van der Waals surface area contributed by atoms with E-state index in [9.17, 15) is 4.79 Å². The van der Waals surface area contributed by atoms with Gasteiger partial charge in [-0.15, -0.1) is 15.9 Å². The van der Waals surface area contributed by atoms with Gasteiger partial charge in [0.15, 0.2) is 6.20 Å². The molecule has 8 nitrogen and oxygen atoms in total. The molecule has 4 rings (SSSR count). The number of nitrogens with one attached hydrogen (secondary N) is 3. The number of H-pyrrole nitrogens is 2. The molecule has 0 bridgehead atoms. The van der Waals surface area contributed by atoms with Gasteiger partial charge in [0, 0.05) is 23.9 Å². The van der Waals surface area contributed by atoms with E-state index < -0.39 is 0 Å². The van der Waals surface area contributed by atoms with Gasteiger partial charge in [-0.1, -0.05) is 0 Å². The van der Waals surface area contributed by atoms with E-state index in [1.54, 1.807) is 12.4 Å². The number of carbonyl (C=O) groups excluding carboxylic acids is 1. The Morgan fingerprint density at radius 2 is 2.20 bits per heavy atom. The van der Waals surface area contributed by atoms with Crippen molar-refractivity contribution in [2.75, 3.05) is 13.2 Å². The zero-order valence-electron chi connectivity index (χ0n) is 13.1. The van der Waals surface area contributed by atoms with E-state index in [-0.39, 0.29) is 19.1 Å². The topological polar surface area (TPSA) is 111 Å². The van der Waals surface area contributed by atoms with Crippen LogP contribution in [0.25, 0.3) is 27.9 Å². The molecule has 126 valence electrons. The molecule has 1 amide bonds. The number of carbonyl (C=O) groups is 1. The van der Waals surface area contributed by atoms with Crippen LogP contribution in [0.1, 0.15) is 9.67 Å². The molecule has 0 spiro atoms. The fourth-order valence-corrected chi connectivity index (χ4v) is 3.37. The van der Waals surface area contributed by atoms with Crippen molar-refractivity contribution in [3.05, 3.63) is 47.3 Å². The highest BCUT2D eigenvalue weighted by molar-refractivity contribution is 7.12. The SMILES string of the molecule is O=C(NCCO)c1cc(-c2c[nH][n+]3cc(-c4cn[nH]c4)cnc23)cs1. The van der Waals surface area contributed by atoms with Gasteiger partial charge in [-0.3, -0.25) is 9.89 Å². The number of thiophene rings is 1. The quantitative estimate of drug-likeness (QED) is 0.400. The lowest BCUT2D eigenvalue weighted by Crippen LogP contribution is -2.25. The van der Waals surface area contributed by atoms with Crippen molar-refractivity contribution in [3.63, 3.8) is 0 Å². The minimum absolute atomic E-state index is 0.0774. The standard InChI is InChI=1S/C16H14N6O2S/c23-2-1-17-16(24)14-3-10(9-25-14)13-7-21-22-8-12(4-18-15(13)22)11-5-19-20-6-11/h3-9,23H,1-2H2,(H2,17,19,20,24)/p+1. The predicted octanol–water partition coefficient (Wildman–Crippen LogP) is 0.989. The molecule has 0 unspecified atom stereocenters. The Bertz CT molecular complexity index is 1020. The Balaban J connectivity index is 1.66. The van der Waals surface area contributed by atoms with Crippen LogP contribution in [0.5, 0.6) is 0 Å². The monoisotopic (exact) mass is 355 g/mol. The molecule has 0 saturated heterocycles. The second kappa shape index (κ2) is 6.46. The van der Waals surface area contributed by atoms with Crippen molar-refractivity contribution in [3.8, 4) is 22.3 Å². The molecule has 0 fully saturated rings. The smallest absolute Gasteiger partial charge is 0.355 e. The minimum Gasteiger partial charge on any atom is -0.395 e. The first-order chi connectivity index (χ1) is 12.3. The number of fused-ring (bicyclic) bond motifs is 1. The maximum absolute atomic E-state index is 12.0. The number of hydrogen-bond acceptors (Lipinski definition) is 5. The lowest BCUT2D eigenvalue weighted by molar-refractivity contribution is -0.578. The number of aromatic amines is 2. The highest BCUT2D eigenvalue weighted by Crippen LogP contribution is 2.27. The summed E-state index contributed by atoms with van der Waals surface area (Å²) in [7, 11) is 0. The summed E-state index contributed by atoms with van der Waals surface area (Å²) in [5.74, 6) is -0.187. The third-order valence-corrected chi connectivity index (χ3v) is 4.70. The van der Waals surface area contributed by atoms with Gasteiger partial charge >= 0.3 is 5.65 Å². The number of nitrogens with zero attached hydrogens (tertiary/aromatic N) is 3. The maximum atomic E-state index is 12.0. The molecule has 0 aliphatic heterocycles. The largest absolute Gasteiger partial charge is 0.395 e. The summed E-state index contributed by atoms with van der Waals surface area (Å²) in [5, 5.41) is 23.3. The first kappa shape index (κ1) is 15.5. The van der Waals surface area contributed by atoms with Crippen LogP contribution in [-0.4, -0.2) is 44.4 Å². The third-order valence-electron chi connectivity index (χ3n) is 3.77. The summed E-state index contributed by atoms with van der Waals surface area (Å²) >= 11 is 1.36. The van der Waals surface area contributed by atoms with Crippen LogP contribution in [0.4, 0.5) is 0 Å². The molecular formula is C16H15N6O2S+. The fourth-order valence-electron chi connectivity index (χ4n) is 2.55. The van der Waals surface area contributed by atoms with E-state index in [1.165, 1.54) is 11.3 Å². The molecule has 4 heterocycles. The second-order valence-corrected chi connectivity index (χ2v) is 6.30. The van der Waals surface area contributed by atoms with Gasteiger partial charge in [-0.25, -0.2) is 5.10 Å². The van der Waals surface area contributed by atoms with Crippen LogP contribution in [0.3, 0.4) is 0 Å². The Hall–Kier alpha value is -3.04. The maximum Gasteiger partial charge on any atom is 0.355 e. The molecule has 0 atom stereocenters. The Morgan fingerprint density at radius 1 is 1.28 bits per heavy atom. The van der Waals surface area contributed by atoms with Crippen LogP contribution < -0.4 is 9.83 Å². The van der Waals surface area contributed by atoms with E-state index in [1.807, 2.05) is 34.6 Å². The van der Waals surface area contributed by atoms with Gasteiger partial charge in [0.05, 0.1) is 35.0 Å². The van der Waals surface area contributed by atoms with Crippen molar-refractivity contribution in [1.82, 2.24) is 25.6 Å². The van der Waals surface area contributed by atoms with Gasteiger partial charge < -0.3 is 10.4 Å². The van der Waals surface area contributed by atoms with Gasteiger partial charge in [0.1, 0.15) is 6.20 Å². The molecule has 0 aliphatic carbocycles. The van der Waals surface area contributed by atoms with Crippen LogP contribution in [-0.2, 0) is 0 Å². The molecule has 4 N–H and O–H groups in total. The molecule has 0 saturated carbocycles. The molecular weight excluding hydrogens is 340 g/mol. The van der Waals surface area contributed by atoms with E-state index in [0.717, 1.165) is 27.9 Å². The Kier molecular flexibility index (Phi) is 4.00. The van der Waals surface area contributed by atoms with Crippen molar-refractivity contribution in [2.24, 2.45) is 0 Å². The molecule has 0 aromatic carbocycles. The second-order valence-electron chi connectivity index (χ2n) is 5.39. The molecule has 25 heavy (non-hydrogen) atoms. The van der Waals surface area contributed by atoms with Crippen LogP contribution >= 0.6 is 11.3 Å². The summed E-state index contributed by atoms with van der Waals surface area (Å²) in [5.41, 5.74) is 4.50. The van der Waals surface area contributed by atoms with E-state index >= 15 is 0 Å². The summed E-state index contributed by atoms with van der Waals surface area (Å²) in [6, 6.07) is 1.83. The van der Waals surface area contributed by atoms with Crippen molar-refractivity contribution < 1.29 is 14.4 Å². The fraction of sp³-hybridized carbons (Fsp3) is 0.125. The highest BCUT2D eigenvalue weighted by Gasteiger charge is 2.19. The predicted molar refractivity (Wildman–Crippen MR) is 92.1 cm³/mol. The zero-order chi connectivity index (χ0) is 17.2. The Morgan fingerprint density at radius 3 is 3.00 bits per heavy atom. The van der Waals surface area contributed by atoms with Crippen LogP contribution in [0, 0.1) is 0 Å².